The number of benzene rings is 5. The highest BCUT2D eigenvalue weighted by Gasteiger charge is 2.33. The minimum absolute atomic E-state index is 0.113. The Hall–Kier alpha value is -5.26. The molecule has 0 aromatic heterocycles. The second-order valence-corrected chi connectivity index (χ2v) is 16.1. The zero-order chi connectivity index (χ0) is 42.4. The van der Waals surface area contributed by atoms with E-state index in [0.717, 1.165) is 87.1 Å². The van der Waals surface area contributed by atoms with Gasteiger partial charge in [0.1, 0.15) is 11.5 Å². The van der Waals surface area contributed by atoms with Crippen LogP contribution in [0.15, 0.2) is 72.8 Å². The van der Waals surface area contributed by atoms with Gasteiger partial charge in [-0.2, -0.15) is 0 Å². The molecule has 0 aliphatic heterocycles. The van der Waals surface area contributed by atoms with E-state index in [1.807, 2.05) is 88.9 Å². The van der Waals surface area contributed by atoms with Gasteiger partial charge in [0.05, 0.1) is 24.3 Å². The van der Waals surface area contributed by atoms with Crippen molar-refractivity contribution in [2.75, 3.05) is 91.4 Å². The van der Waals surface area contributed by atoms with Gasteiger partial charge in [0.15, 0.2) is 11.6 Å². The molecule has 0 radical (unpaired) electrons. The van der Waals surface area contributed by atoms with Gasteiger partial charge in [-0.25, -0.2) is 0 Å². The number of aromatic hydroxyl groups is 2. The molecule has 6 rings (SSSR count). The summed E-state index contributed by atoms with van der Waals surface area (Å²) in [7, 11) is 8.08. The summed E-state index contributed by atoms with van der Waals surface area (Å²) < 4.78 is 11.6. The van der Waals surface area contributed by atoms with Crippen LogP contribution in [0.3, 0.4) is 0 Å². The Balaban J connectivity index is 0.858. The van der Waals surface area contributed by atoms with Crippen LogP contribution in [0.5, 0.6) is 11.5 Å². The highest BCUT2D eigenvalue weighted by Crippen LogP contribution is 2.38. The number of fused-ring (bicyclic) bond motifs is 4. The molecular weight excluding hydrogens is 753 g/mol. The molecule has 60 heavy (non-hydrogen) atoms. The van der Waals surface area contributed by atoms with Crippen molar-refractivity contribution in [2.45, 2.75) is 51.4 Å². The van der Waals surface area contributed by atoms with Gasteiger partial charge in [-0.15, -0.1) is 0 Å². The molecule has 1 aliphatic rings. The molecule has 5 aromatic carbocycles. The van der Waals surface area contributed by atoms with Crippen molar-refractivity contribution in [1.29, 1.82) is 0 Å². The van der Waals surface area contributed by atoms with Crippen molar-refractivity contribution >= 4 is 56.6 Å². The molecule has 10 nitrogen and oxygen atoms in total. The molecule has 0 spiro atoms. The largest absolute Gasteiger partial charge is 0.507 e. The van der Waals surface area contributed by atoms with Crippen molar-refractivity contribution in [3.05, 3.63) is 105 Å². The zero-order valence-electron chi connectivity index (χ0n) is 35.8. The standard InChI is InChI=1S/C50H62N4O6/c1-53(2)29-16-20-36-19-13-22-38-44(36)48(56)37-21-12-18-35(43(37)47(38)55)17-8-11-32-60-34-33-59-31-10-7-5-6-9-27-51-41-25-14-23-39-45(41)49(57)40-24-15-26-42(46(40)50(39)58)52-28-30-54(3)4/h12-15,17-26,51-52,55-56H,5-11,16,27-34H2,1-4H3/b35-17+,36-20-. The Morgan fingerprint density at radius 1 is 0.533 bits per heavy atom. The average molecular weight is 815 g/mol. The fraction of sp³-hybridized carbons (Fsp3) is 0.400. The van der Waals surface area contributed by atoms with Crippen molar-refractivity contribution in [2.24, 2.45) is 0 Å². The second-order valence-electron chi connectivity index (χ2n) is 16.1. The number of phenolic OH excluding ortho intramolecular Hbond substituents is 2. The predicted octanol–water partition coefficient (Wildman–Crippen LogP) is 7.54. The maximum Gasteiger partial charge on any atom is 0.196 e. The van der Waals surface area contributed by atoms with Crippen LogP contribution in [0, 0.1) is 0 Å². The van der Waals surface area contributed by atoms with Gasteiger partial charge in [0, 0.05) is 83.4 Å². The van der Waals surface area contributed by atoms with E-state index in [-0.39, 0.29) is 23.1 Å². The molecule has 0 unspecified atom stereocenters. The number of unbranched alkanes of at least 4 members (excludes halogenated alkanes) is 5. The van der Waals surface area contributed by atoms with E-state index >= 15 is 0 Å². The lowest BCUT2D eigenvalue weighted by molar-refractivity contribution is 0.0458. The molecule has 0 saturated heterocycles. The summed E-state index contributed by atoms with van der Waals surface area (Å²) in [6.07, 6.45) is 11.9. The van der Waals surface area contributed by atoms with Crippen molar-refractivity contribution in [3.63, 3.8) is 0 Å². The number of likely N-dealkylation sites (N-methyl/N-ethyl adjacent to an activating group) is 1. The second kappa shape index (κ2) is 21.8. The Labute approximate surface area is 354 Å². The smallest absolute Gasteiger partial charge is 0.196 e. The van der Waals surface area contributed by atoms with Crippen LogP contribution in [0.2, 0.25) is 0 Å². The van der Waals surface area contributed by atoms with E-state index in [4.69, 9.17) is 9.47 Å². The lowest BCUT2D eigenvalue weighted by Crippen LogP contribution is -2.26. The van der Waals surface area contributed by atoms with Gasteiger partial charge in [-0.3, -0.25) is 9.59 Å². The first kappa shape index (κ1) is 44.3. The number of hydrogen-bond acceptors (Lipinski definition) is 10. The first-order valence-corrected chi connectivity index (χ1v) is 21.5. The highest BCUT2D eigenvalue weighted by atomic mass is 16.5. The maximum absolute atomic E-state index is 13.7. The number of carbonyl (C=O) groups is 2. The molecular formula is C50H62N4O6. The number of hydrogen-bond donors (Lipinski definition) is 4. The molecule has 318 valence electrons. The number of nitrogens with one attached hydrogen (secondary N) is 2. The van der Waals surface area contributed by atoms with Crippen LogP contribution in [0.25, 0.3) is 33.7 Å². The number of rotatable bonds is 23. The minimum Gasteiger partial charge on any atom is -0.507 e. The quantitative estimate of drug-likeness (QED) is 0.0293. The van der Waals surface area contributed by atoms with Crippen molar-refractivity contribution in [3.8, 4) is 11.5 Å². The molecule has 10 heteroatoms. The summed E-state index contributed by atoms with van der Waals surface area (Å²) in [4.78, 5) is 31.5. The Morgan fingerprint density at radius 3 is 1.58 bits per heavy atom. The lowest BCUT2D eigenvalue weighted by Gasteiger charge is -2.23. The number of ether oxygens (including phenoxy) is 2. The van der Waals surface area contributed by atoms with E-state index in [0.29, 0.717) is 82.5 Å². The minimum atomic E-state index is -0.115. The van der Waals surface area contributed by atoms with E-state index in [2.05, 4.69) is 32.6 Å². The Morgan fingerprint density at radius 2 is 1.02 bits per heavy atom. The van der Waals surface area contributed by atoms with E-state index in [9.17, 15) is 19.8 Å². The highest BCUT2D eigenvalue weighted by molar-refractivity contribution is 6.31. The first-order chi connectivity index (χ1) is 29.2. The maximum atomic E-state index is 13.7. The molecule has 0 heterocycles. The van der Waals surface area contributed by atoms with Crippen LogP contribution in [0.4, 0.5) is 11.4 Å². The Kier molecular flexibility index (Phi) is 16.1. The number of anilines is 2. The number of nitrogens with zero attached hydrogens (tertiary/aromatic N) is 2. The summed E-state index contributed by atoms with van der Waals surface area (Å²) in [6, 6.07) is 22.5. The van der Waals surface area contributed by atoms with Gasteiger partial charge in [-0.1, -0.05) is 92.1 Å². The average Bonchev–Trinajstić information content (AvgIpc) is 3.24. The fourth-order valence-corrected chi connectivity index (χ4v) is 7.95. The molecule has 4 N–H and O–H groups in total. The number of phenols is 2. The third-order valence-corrected chi connectivity index (χ3v) is 11.1. The fourth-order valence-electron chi connectivity index (χ4n) is 7.95. The normalized spacial score (nSPS) is 13.2. The Bertz CT molecular complexity index is 2390. The van der Waals surface area contributed by atoms with Crippen molar-refractivity contribution < 1.29 is 29.3 Å². The van der Waals surface area contributed by atoms with Gasteiger partial charge in [-0.05, 0) is 82.9 Å². The van der Waals surface area contributed by atoms with E-state index < -0.39 is 0 Å². The number of carbonyl (C=O) groups excluding carboxylic acids is 2. The predicted molar refractivity (Wildman–Crippen MR) is 245 cm³/mol. The van der Waals surface area contributed by atoms with E-state index in [1.54, 1.807) is 12.1 Å². The molecule has 0 amide bonds. The van der Waals surface area contributed by atoms with Crippen LogP contribution >= 0.6 is 0 Å². The zero-order valence-corrected chi connectivity index (χ0v) is 35.8. The van der Waals surface area contributed by atoms with Gasteiger partial charge in [0.2, 0.25) is 0 Å². The summed E-state index contributed by atoms with van der Waals surface area (Å²) in [6.45, 7) is 5.55. The topological polar surface area (TPSA) is 124 Å². The summed E-state index contributed by atoms with van der Waals surface area (Å²) >= 11 is 0. The summed E-state index contributed by atoms with van der Waals surface area (Å²) in [5.74, 6) is 0.170. The van der Waals surface area contributed by atoms with Crippen molar-refractivity contribution in [1.82, 2.24) is 9.80 Å². The van der Waals surface area contributed by atoms with E-state index in [1.165, 1.54) is 0 Å². The first-order valence-electron chi connectivity index (χ1n) is 21.5. The van der Waals surface area contributed by atoms with Gasteiger partial charge < -0.3 is 40.1 Å². The molecule has 0 saturated carbocycles. The van der Waals surface area contributed by atoms with Gasteiger partial charge >= 0.3 is 0 Å². The van der Waals surface area contributed by atoms with Crippen LogP contribution in [-0.4, -0.2) is 112 Å². The molecule has 0 bridgehead atoms. The molecule has 0 fully saturated rings. The summed E-state index contributed by atoms with van der Waals surface area (Å²) in [5, 5.41) is 34.1. The molecule has 1 aliphatic carbocycles. The van der Waals surface area contributed by atoms with Crippen LogP contribution in [-0.2, 0) is 9.47 Å². The SMILES string of the molecule is CN(C)CC/C=c1/cccc2c(O)c3/c(=C/CCCOCCOCCCCCCCNc4cccc5c4C(=O)c4cccc(NCCN(C)C)c4C5=O)cccc3c(O)c12. The molecule has 5 aromatic rings. The number of ketones is 2. The van der Waals surface area contributed by atoms with Gasteiger partial charge in [0.25, 0.3) is 0 Å². The summed E-state index contributed by atoms with van der Waals surface area (Å²) in [5.41, 5.74) is 3.27. The monoisotopic (exact) mass is 814 g/mol. The van der Waals surface area contributed by atoms with Crippen LogP contribution in [0.1, 0.15) is 83.2 Å². The lowest BCUT2D eigenvalue weighted by atomic mass is 9.82. The third kappa shape index (κ3) is 10.9. The van der Waals surface area contributed by atoms with Crippen LogP contribution < -0.4 is 21.1 Å². The third-order valence-electron chi connectivity index (χ3n) is 11.1. The molecule has 0 atom stereocenters.